The summed E-state index contributed by atoms with van der Waals surface area (Å²) in [6.45, 7) is 1.77. The van der Waals surface area contributed by atoms with Gasteiger partial charge < -0.3 is 5.32 Å². The standard InChI is InChI=1S/C23H15Cl2FN2O2/c1-13-12-16(25)6-11-19(13)28-22(29)20(14-2-4-15(24)5-3-14)21(23(28)30)27-18-9-7-17(26)8-10-18/h2-12,27H,1H3. The van der Waals surface area contributed by atoms with E-state index in [0.717, 1.165) is 4.90 Å². The molecular weight excluding hydrogens is 426 g/mol. The van der Waals surface area contributed by atoms with Crippen LogP contribution in [0.25, 0.3) is 5.57 Å². The fourth-order valence-electron chi connectivity index (χ4n) is 3.30. The van der Waals surface area contributed by atoms with E-state index in [1.807, 2.05) is 0 Å². The zero-order chi connectivity index (χ0) is 21.4. The minimum Gasteiger partial charge on any atom is -0.350 e. The Morgan fingerprint density at radius 2 is 1.47 bits per heavy atom. The van der Waals surface area contributed by atoms with Crippen LogP contribution in [0.4, 0.5) is 15.8 Å². The fourth-order valence-corrected chi connectivity index (χ4v) is 3.65. The van der Waals surface area contributed by atoms with Crippen LogP contribution in [0.15, 0.2) is 72.4 Å². The molecule has 0 aliphatic carbocycles. The van der Waals surface area contributed by atoms with Crippen LogP contribution in [0.3, 0.4) is 0 Å². The molecule has 1 N–H and O–H groups in total. The average Bonchev–Trinajstić information content (AvgIpc) is 2.95. The molecule has 1 aliphatic rings. The Balaban J connectivity index is 1.83. The average molecular weight is 441 g/mol. The van der Waals surface area contributed by atoms with Gasteiger partial charge in [0, 0.05) is 15.7 Å². The second-order valence-electron chi connectivity index (χ2n) is 6.77. The van der Waals surface area contributed by atoms with Crippen LogP contribution in [0, 0.1) is 12.7 Å². The van der Waals surface area contributed by atoms with Crippen molar-refractivity contribution in [3.05, 3.63) is 99.4 Å². The molecule has 30 heavy (non-hydrogen) atoms. The third-order valence-corrected chi connectivity index (χ3v) is 5.22. The van der Waals surface area contributed by atoms with E-state index in [1.165, 1.54) is 24.3 Å². The monoisotopic (exact) mass is 440 g/mol. The lowest BCUT2D eigenvalue weighted by Crippen LogP contribution is -2.33. The first-order valence-electron chi connectivity index (χ1n) is 9.03. The number of aryl methyl sites for hydroxylation is 1. The van der Waals surface area contributed by atoms with E-state index < -0.39 is 17.6 Å². The quantitative estimate of drug-likeness (QED) is 0.518. The number of halogens is 3. The molecule has 0 aromatic heterocycles. The lowest BCUT2D eigenvalue weighted by atomic mass is 10.0. The topological polar surface area (TPSA) is 49.4 Å². The molecule has 0 fully saturated rings. The molecule has 0 bridgehead atoms. The van der Waals surface area contributed by atoms with Crippen LogP contribution in [0.5, 0.6) is 0 Å². The van der Waals surface area contributed by atoms with Gasteiger partial charge in [-0.1, -0.05) is 35.3 Å². The molecule has 0 saturated heterocycles. The van der Waals surface area contributed by atoms with Crippen molar-refractivity contribution < 1.29 is 14.0 Å². The molecule has 1 heterocycles. The summed E-state index contributed by atoms with van der Waals surface area (Å²) in [6.07, 6.45) is 0. The van der Waals surface area contributed by atoms with Gasteiger partial charge in [0.25, 0.3) is 11.8 Å². The number of hydrogen-bond acceptors (Lipinski definition) is 3. The number of benzene rings is 3. The summed E-state index contributed by atoms with van der Waals surface area (Å²) in [5.41, 5.74) is 2.45. The van der Waals surface area contributed by atoms with Crippen molar-refractivity contribution in [2.24, 2.45) is 0 Å². The number of imide groups is 1. The molecule has 4 rings (SSSR count). The molecule has 1 aliphatic heterocycles. The lowest BCUT2D eigenvalue weighted by Gasteiger charge is -2.18. The molecule has 0 spiro atoms. The summed E-state index contributed by atoms with van der Waals surface area (Å²) in [6, 6.07) is 17.1. The van der Waals surface area contributed by atoms with Crippen molar-refractivity contribution in [1.29, 1.82) is 0 Å². The Labute approximate surface area is 182 Å². The first kappa shape index (κ1) is 20.1. The van der Waals surface area contributed by atoms with Crippen molar-refractivity contribution >= 4 is 52.0 Å². The smallest absolute Gasteiger partial charge is 0.282 e. The van der Waals surface area contributed by atoms with Gasteiger partial charge in [-0.25, -0.2) is 9.29 Å². The van der Waals surface area contributed by atoms with Gasteiger partial charge in [-0.05, 0) is 72.6 Å². The van der Waals surface area contributed by atoms with Crippen LogP contribution < -0.4 is 10.2 Å². The first-order chi connectivity index (χ1) is 14.3. The van der Waals surface area contributed by atoms with Gasteiger partial charge in [-0.15, -0.1) is 0 Å². The lowest BCUT2D eigenvalue weighted by molar-refractivity contribution is -0.120. The van der Waals surface area contributed by atoms with E-state index in [2.05, 4.69) is 5.32 Å². The second kappa shape index (κ2) is 7.94. The molecule has 0 unspecified atom stereocenters. The number of anilines is 2. The highest BCUT2D eigenvalue weighted by Crippen LogP contribution is 2.36. The number of nitrogens with zero attached hydrogens (tertiary/aromatic N) is 1. The molecular formula is C23H15Cl2FN2O2. The van der Waals surface area contributed by atoms with Crippen LogP contribution in [-0.2, 0) is 9.59 Å². The number of carbonyl (C=O) groups is 2. The van der Waals surface area contributed by atoms with Crippen molar-refractivity contribution in [1.82, 2.24) is 0 Å². The van der Waals surface area contributed by atoms with Crippen molar-refractivity contribution in [3.8, 4) is 0 Å². The van der Waals surface area contributed by atoms with E-state index in [1.54, 1.807) is 49.4 Å². The Hall–Kier alpha value is -3.15. The number of hydrogen-bond donors (Lipinski definition) is 1. The summed E-state index contributed by atoms with van der Waals surface area (Å²) >= 11 is 12.0. The predicted molar refractivity (Wildman–Crippen MR) is 117 cm³/mol. The fraction of sp³-hybridized carbons (Fsp3) is 0.0435. The highest BCUT2D eigenvalue weighted by atomic mass is 35.5. The summed E-state index contributed by atoms with van der Waals surface area (Å²) in [5, 5.41) is 4.00. The number of nitrogens with one attached hydrogen (secondary N) is 1. The van der Waals surface area contributed by atoms with Crippen LogP contribution in [0.2, 0.25) is 10.0 Å². The van der Waals surface area contributed by atoms with Crippen molar-refractivity contribution in [2.45, 2.75) is 6.92 Å². The molecule has 0 saturated carbocycles. The summed E-state index contributed by atoms with van der Waals surface area (Å²) < 4.78 is 13.3. The van der Waals surface area contributed by atoms with Gasteiger partial charge in [0.2, 0.25) is 0 Å². The van der Waals surface area contributed by atoms with E-state index in [-0.39, 0.29) is 11.3 Å². The van der Waals surface area contributed by atoms with Gasteiger partial charge in [0.1, 0.15) is 11.5 Å². The van der Waals surface area contributed by atoms with Crippen LogP contribution >= 0.6 is 23.2 Å². The summed E-state index contributed by atoms with van der Waals surface area (Å²) in [5.74, 6) is -1.39. The van der Waals surface area contributed by atoms with Gasteiger partial charge >= 0.3 is 0 Å². The summed E-state index contributed by atoms with van der Waals surface area (Å²) in [4.78, 5) is 27.8. The van der Waals surface area contributed by atoms with Gasteiger partial charge in [0.05, 0.1) is 11.3 Å². The third kappa shape index (κ3) is 3.70. The predicted octanol–water partition coefficient (Wildman–Crippen LogP) is 5.84. The van der Waals surface area contributed by atoms with Gasteiger partial charge in [0.15, 0.2) is 0 Å². The molecule has 0 radical (unpaired) electrons. The maximum Gasteiger partial charge on any atom is 0.282 e. The zero-order valence-corrected chi connectivity index (χ0v) is 17.3. The van der Waals surface area contributed by atoms with Crippen molar-refractivity contribution in [3.63, 3.8) is 0 Å². The molecule has 3 aromatic carbocycles. The van der Waals surface area contributed by atoms with E-state index in [9.17, 15) is 14.0 Å². The van der Waals surface area contributed by atoms with Gasteiger partial charge in [-0.2, -0.15) is 0 Å². The normalized spacial score (nSPS) is 13.9. The minimum absolute atomic E-state index is 0.100. The van der Waals surface area contributed by atoms with Crippen molar-refractivity contribution in [2.75, 3.05) is 10.2 Å². The van der Waals surface area contributed by atoms with Crippen LogP contribution in [0.1, 0.15) is 11.1 Å². The Bertz CT molecular complexity index is 1190. The summed E-state index contributed by atoms with van der Waals surface area (Å²) in [7, 11) is 0. The Morgan fingerprint density at radius 3 is 2.10 bits per heavy atom. The minimum atomic E-state index is -0.514. The Kier molecular flexibility index (Phi) is 5.33. The highest BCUT2D eigenvalue weighted by Gasteiger charge is 2.40. The largest absolute Gasteiger partial charge is 0.350 e. The molecule has 7 heteroatoms. The highest BCUT2D eigenvalue weighted by molar-refractivity contribution is 6.46. The zero-order valence-electron chi connectivity index (χ0n) is 15.7. The third-order valence-electron chi connectivity index (χ3n) is 4.73. The maximum absolute atomic E-state index is 13.4. The first-order valence-corrected chi connectivity index (χ1v) is 9.78. The number of amides is 2. The molecule has 0 atom stereocenters. The maximum atomic E-state index is 13.4. The number of rotatable bonds is 4. The second-order valence-corrected chi connectivity index (χ2v) is 7.64. The molecule has 150 valence electrons. The van der Waals surface area contributed by atoms with E-state index >= 15 is 0 Å². The Morgan fingerprint density at radius 1 is 0.833 bits per heavy atom. The van der Waals surface area contributed by atoms with E-state index in [4.69, 9.17) is 23.2 Å². The molecule has 2 amide bonds. The number of carbonyl (C=O) groups excluding carboxylic acids is 2. The van der Waals surface area contributed by atoms with E-state index in [0.29, 0.717) is 32.5 Å². The molecule has 3 aromatic rings. The van der Waals surface area contributed by atoms with Crippen LogP contribution in [-0.4, -0.2) is 11.8 Å². The molecule has 4 nitrogen and oxygen atoms in total. The SMILES string of the molecule is Cc1cc(Cl)ccc1N1C(=O)C(Nc2ccc(F)cc2)=C(c2ccc(Cl)cc2)C1=O. The van der Waals surface area contributed by atoms with Gasteiger partial charge in [-0.3, -0.25) is 9.59 Å².